The molecule has 37 heavy (non-hydrogen) atoms. The fourth-order valence-electron chi connectivity index (χ4n) is 3.43. The quantitative estimate of drug-likeness (QED) is 0.307. The van der Waals surface area contributed by atoms with Crippen LogP contribution in [0.5, 0.6) is 0 Å². The Labute approximate surface area is 211 Å². The molecule has 3 aromatic heterocycles. The van der Waals surface area contributed by atoms with Gasteiger partial charge in [0.1, 0.15) is 23.6 Å². The first-order valence-electron chi connectivity index (χ1n) is 11.1. The fourth-order valence-corrected chi connectivity index (χ4v) is 3.43. The topological polar surface area (TPSA) is 96.9 Å². The van der Waals surface area contributed by atoms with Gasteiger partial charge in [0.15, 0.2) is 0 Å². The van der Waals surface area contributed by atoms with Gasteiger partial charge in [-0.05, 0) is 79.1 Å². The van der Waals surface area contributed by atoms with Gasteiger partial charge in [-0.2, -0.15) is 0 Å². The van der Waals surface area contributed by atoms with Crippen molar-refractivity contribution in [1.82, 2.24) is 15.0 Å². The first-order valence-corrected chi connectivity index (χ1v) is 11.1. The third-order valence-electron chi connectivity index (χ3n) is 5.22. The highest BCUT2D eigenvalue weighted by atomic mass is 19.3. The second kappa shape index (κ2) is 12.4. The lowest BCUT2D eigenvalue weighted by Gasteiger charge is -2.13. The van der Waals surface area contributed by atoms with E-state index in [4.69, 9.17) is 4.79 Å². The summed E-state index contributed by atoms with van der Waals surface area (Å²) >= 11 is 0. The Balaban J connectivity index is 0.00000121. The van der Waals surface area contributed by atoms with Gasteiger partial charge in [-0.3, -0.25) is 14.8 Å². The number of aldehydes is 1. The van der Waals surface area contributed by atoms with E-state index in [-0.39, 0.29) is 11.3 Å². The third kappa shape index (κ3) is 6.75. The number of pyridine rings is 3. The molecule has 10 heteroatoms. The summed E-state index contributed by atoms with van der Waals surface area (Å²) in [5.41, 5.74) is 3.27. The number of anilines is 2. The maximum absolute atomic E-state index is 14.7. The molecule has 4 aromatic rings. The van der Waals surface area contributed by atoms with E-state index in [0.29, 0.717) is 22.6 Å². The van der Waals surface area contributed by atoms with Crippen molar-refractivity contribution in [2.75, 3.05) is 17.7 Å². The summed E-state index contributed by atoms with van der Waals surface area (Å²) < 4.78 is 40.1. The number of benzene rings is 1. The summed E-state index contributed by atoms with van der Waals surface area (Å²) in [5.74, 6) is -0.577. The Kier molecular flexibility index (Phi) is 9.04. The van der Waals surface area contributed by atoms with Crippen molar-refractivity contribution in [3.8, 4) is 22.4 Å². The molecular formula is C27H24F3N5O2. The van der Waals surface area contributed by atoms with Crippen LogP contribution in [0.1, 0.15) is 35.0 Å². The van der Waals surface area contributed by atoms with Gasteiger partial charge in [0.05, 0.1) is 16.9 Å². The van der Waals surface area contributed by atoms with Crippen LogP contribution >= 0.6 is 0 Å². The lowest BCUT2D eigenvalue weighted by molar-refractivity contribution is -0.106. The van der Waals surface area contributed by atoms with Crippen molar-refractivity contribution in [2.24, 2.45) is 0 Å². The molecule has 2 N–H and O–H groups in total. The maximum Gasteiger partial charge on any atom is 0.280 e. The average Bonchev–Trinajstić information content (AvgIpc) is 2.90. The van der Waals surface area contributed by atoms with Gasteiger partial charge in [0.25, 0.3) is 12.3 Å². The van der Waals surface area contributed by atoms with Crippen molar-refractivity contribution in [1.29, 1.82) is 0 Å². The second-order valence-electron chi connectivity index (χ2n) is 7.72. The minimum atomic E-state index is -2.74. The number of carbonyl (C=O) groups excluding carboxylic acids is 2. The summed E-state index contributed by atoms with van der Waals surface area (Å²) in [4.78, 5) is 33.6. The van der Waals surface area contributed by atoms with E-state index in [0.717, 1.165) is 29.7 Å². The van der Waals surface area contributed by atoms with Crippen LogP contribution in [-0.4, -0.2) is 34.2 Å². The Hall–Kier alpha value is -4.60. The second-order valence-corrected chi connectivity index (χ2v) is 7.72. The van der Waals surface area contributed by atoms with Crippen molar-refractivity contribution in [3.05, 3.63) is 89.8 Å². The molecule has 0 unspecified atom stereocenters. The van der Waals surface area contributed by atoms with Crippen LogP contribution in [0.4, 0.5) is 24.7 Å². The largest absolute Gasteiger partial charge is 0.373 e. The number of amides is 1. The van der Waals surface area contributed by atoms with Crippen molar-refractivity contribution < 1.29 is 22.8 Å². The zero-order valence-corrected chi connectivity index (χ0v) is 20.3. The Morgan fingerprint density at radius 1 is 0.973 bits per heavy atom. The normalized spacial score (nSPS) is 10.4. The summed E-state index contributed by atoms with van der Waals surface area (Å²) in [7, 11) is 1.77. The van der Waals surface area contributed by atoms with Crippen molar-refractivity contribution in [3.63, 3.8) is 0 Å². The Morgan fingerprint density at radius 2 is 1.68 bits per heavy atom. The number of nitrogens with zero attached hydrogens (tertiary/aromatic N) is 3. The molecule has 0 atom stereocenters. The Bertz CT molecular complexity index is 1400. The number of halogens is 3. The highest BCUT2D eigenvalue weighted by Crippen LogP contribution is 2.31. The number of alkyl halides is 2. The SMILES string of the molecule is CC=O.CNc1cc(-c2cc(-c3cc(NC(=O)c4ccc(C(F)F)nc4)c(F)cc3C)ccn2)ccn1. The molecule has 1 aromatic carbocycles. The molecule has 0 fully saturated rings. The van der Waals surface area contributed by atoms with E-state index in [2.05, 4.69) is 25.6 Å². The number of rotatable bonds is 6. The molecule has 190 valence electrons. The molecule has 0 aliphatic carbocycles. The molecule has 1 amide bonds. The van der Waals surface area contributed by atoms with E-state index in [9.17, 15) is 18.0 Å². The van der Waals surface area contributed by atoms with Gasteiger partial charge in [-0.25, -0.2) is 18.2 Å². The molecule has 0 aliphatic rings. The molecule has 0 radical (unpaired) electrons. The van der Waals surface area contributed by atoms with Crippen molar-refractivity contribution in [2.45, 2.75) is 20.3 Å². The van der Waals surface area contributed by atoms with Crippen LogP contribution in [0, 0.1) is 12.7 Å². The van der Waals surface area contributed by atoms with Gasteiger partial charge >= 0.3 is 0 Å². The number of hydrogen-bond donors (Lipinski definition) is 2. The van der Waals surface area contributed by atoms with Crippen LogP contribution in [0.15, 0.2) is 67.1 Å². The van der Waals surface area contributed by atoms with Gasteiger partial charge in [0, 0.05) is 31.2 Å². The number of hydrogen-bond acceptors (Lipinski definition) is 6. The predicted octanol–water partition coefficient (Wildman–Crippen LogP) is 6.09. The van der Waals surface area contributed by atoms with E-state index < -0.39 is 23.8 Å². The minimum Gasteiger partial charge on any atom is -0.373 e. The highest BCUT2D eigenvalue weighted by molar-refractivity contribution is 6.04. The number of aromatic nitrogens is 3. The molecular weight excluding hydrogens is 483 g/mol. The number of nitrogens with one attached hydrogen (secondary N) is 2. The molecule has 0 aliphatic heterocycles. The smallest absolute Gasteiger partial charge is 0.280 e. The van der Waals surface area contributed by atoms with Crippen LogP contribution < -0.4 is 10.6 Å². The van der Waals surface area contributed by atoms with Gasteiger partial charge in [-0.15, -0.1) is 0 Å². The monoisotopic (exact) mass is 507 g/mol. The fraction of sp³-hybridized carbons (Fsp3) is 0.148. The minimum absolute atomic E-state index is 0.0372. The Morgan fingerprint density at radius 3 is 2.32 bits per heavy atom. The van der Waals surface area contributed by atoms with E-state index in [1.807, 2.05) is 18.2 Å². The zero-order chi connectivity index (χ0) is 26.9. The van der Waals surface area contributed by atoms with Crippen LogP contribution in [-0.2, 0) is 4.79 Å². The molecule has 3 heterocycles. The lowest BCUT2D eigenvalue weighted by atomic mass is 9.98. The van der Waals surface area contributed by atoms with Gasteiger partial charge in [0.2, 0.25) is 0 Å². The third-order valence-corrected chi connectivity index (χ3v) is 5.22. The number of carbonyl (C=O) groups is 2. The van der Waals surface area contributed by atoms with Gasteiger partial charge in [-0.1, -0.05) is 0 Å². The van der Waals surface area contributed by atoms with Gasteiger partial charge < -0.3 is 15.4 Å². The molecule has 7 nitrogen and oxygen atoms in total. The summed E-state index contributed by atoms with van der Waals surface area (Å²) in [6.45, 7) is 3.21. The van der Waals surface area contributed by atoms with E-state index >= 15 is 0 Å². The lowest BCUT2D eigenvalue weighted by Crippen LogP contribution is -2.14. The number of aryl methyl sites for hydroxylation is 1. The highest BCUT2D eigenvalue weighted by Gasteiger charge is 2.15. The molecule has 0 saturated heterocycles. The molecule has 4 rings (SSSR count). The first kappa shape index (κ1) is 27.0. The standard InChI is InChI=1S/C25H20F3N5O.C2H4O/c1-14-9-19(26)22(33-25(34)17-3-4-20(24(27)28)32-13-17)12-18(14)15-5-7-30-21(10-15)16-6-8-31-23(11-16)29-2;1-2-3/h3-13,24H,1-2H3,(H,29,31)(H,33,34);2H,1H3. The van der Waals surface area contributed by atoms with E-state index in [1.54, 1.807) is 32.4 Å². The molecule has 0 saturated carbocycles. The summed E-state index contributed by atoms with van der Waals surface area (Å²) in [6.07, 6.45) is 2.38. The average molecular weight is 508 g/mol. The molecule has 0 bridgehead atoms. The zero-order valence-electron chi connectivity index (χ0n) is 20.3. The molecule has 0 spiro atoms. The predicted molar refractivity (Wildman–Crippen MR) is 136 cm³/mol. The first-order chi connectivity index (χ1) is 17.8. The maximum atomic E-state index is 14.7. The van der Waals surface area contributed by atoms with E-state index in [1.165, 1.54) is 25.1 Å². The van der Waals surface area contributed by atoms with Crippen LogP contribution in [0.2, 0.25) is 0 Å². The summed E-state index contributed by atoms with van der Waals surface area (Å²) in [6, 6.07) is 12.5. The van der Waals surface area contributed by atoms with Crippen LogP contribution in [0.3, 0.4) is 0 Å². The van der Waals surface area contributed by atoms with Crippen molar-refractivity contribution >= 4 is 23.7 Å². The summed E-state index contributed by atoms with van der Waals surface area (Å²) in [5, 5.41) is 5.48. The van der Waals surface area contributed by atoms with Crippen LogP contribution in [0.25, 0.3) is 22.4 Å².